The molecular formula is C22H26N2O3. The molecule has 1 aromatic heterocycles. The molecule has 0 bridgehead atoms. The molecule has 1 fully saturated rings. The van der Waals surface area contributed by atoms with Gasteiger partial charge in [0, 0.05) is 26.2 Å². The van der Waals surface area contributed by atoms with E-state index in [9.17, 15) is 9.59 Å². The number of furan rings is 1. The summed E-state index contributed by atoms with van der Waals surface area (Å²) in [7, 11) is 0. The van der Waals surface area contributed by atoms with Crippen LogP contribution in [-0.2, 0) is 24.1 Å². The number of fused-ring (bicyclic) bond motifs is 1. The first-order valence-corrected chi connectivity index (χ1v) is 9.92. The molecule has 1 aliphatic carbocycles. The van der Waals surface area contributed by atoms with E-state index in [0.717, 1.165) is 24.8 Å². The van der Waals surface area contributed by atoms with Crippen LogP contribution in [0.15, 0.2) is 41.0 Å². The van der Waals surface area contributed by atoms with Crippen LogP contribution in [0.25, 0.3) is 0 Å². The zero-order valence-corrected chi connectivity index (χ0v) is 15.7. The smallest absolute Gasteiger partial charge is 0.289 e. The molecule has 27 heavy (non-hydrogen) atoms. The lowest BCUT2D eigenvalue weighted by molar-refractivity contribution is -0.130. The lowest BCUT2D eigenvalue weighted by Crippen LogP contribution is -2.37. The molecule has 4 rings (SSSR count). The molecule has 2 amide bonds. The fourth-order valence-electron chi connectivity index (χ4n) is 4.11. The van der Waals surface area contributed by atoms with Crippen LogP contribution in [-0.4, -0.2) is 47.8 Å². The van der Waals surface area contributed by atoms with Gasteiger partial charge < -0.3 is 14.2 Å². The summed E-state index contributed by atoms with van der Waals surface area (Å²) in [4.78, 5) is 28.9. The molecule has 5 heteroatoms. The predicted molar refractivity (Wildman–Crippen MR) is 103 cm³/mol. The van der Waals surface area contributed by atoms with Crippen molar-refractivity contribution in [2.45, 2.75) is 38.5 Å². The Morgan fingerprint density at radius 2 is 1.67 bits per heavy atom. The summed E-state index contributed by atoms with van der Waals surface area (Å²) in [6.45, 7) is 2.49. The number of aryl methyl sites for hydroxylation is 2. The number of benzene rings is 1. The van der Waals surface area contributed by atoms with Gasteiger partial charge in [-0.05, 0) is 60.9 Å². The van der Waals surface area contributed by atoms with E-state index in [1.807, 2.05) is 4.90 Å². The van der Waals surface area contributed by atoms with Gasteiger partial charge in [0.1, 0.15) is 0 Å². The largest absolute Gasteiger partial charge is 0.459 e. The lowest BCUT2D eigenvalue weighted by atomic mass is 9.90. The van der Waals surface area contributed by atoms with Crippen molar-refractivity contribution in [2.75, 3.05) is 26.2 Å². The third-order valence-corrected chi connectivity index (χ3v) is 5.64. The lowest BCUT2D eigenvalue weighted by Gasteiger charge is -2.22. The molecule has 2 aliphatic rings. The van der Waals surface area contributed by atoms with Gasteiger partial charge in [-0.2, -0.15) is 0 Å². The van der Waals surface area contributed by atoms with E-state index >= 15 is 0 Å². The molecule has 0 N–H and O–H groups in total. The summed E-state index contributed by atoms with van der Waals surface area (Å²) in [5.74, 6) is 0.422. The van der Waals surface area contributed by atoms with Crippen molar-refractivity contribution in [2.24, 2.45) is 0 Å². The molecule has 2 heterocycles. The molecule has 0 spiro atoms. The van der Waals surface area contributed by atoms with Crippen LogP contribution < -0.4 is 0 Å². The average Bonchev–Trinajstić information content (AvgIpc) is 3.11. The van der Waals surface area contributed by atoms with Crippen molar-refractivity contribution < 1.29 is 14.0 Å². The summed E-state index contributed by atoms with van der Waals surface area (Å²) in [6, 6.07) is 9.93. The SMILES string of the molecule is O=C(Cc1ccc2c(c1)CCCC2)N1CCCN(C(=O)c2ccco2)CC1. The molecule has 1 aromatic carbocycles. The Labute approximate surface area is 159 Å². The zero-order valence-electron chi connectivity index (χ0n) is 15.7. The fraction of sp³-hybridized carbons (Fsp3) is 0.455. The van der Waals surface area contributed by atoms with E-state index < -0.39 is 0 Å². The van der Waals surface area contributed by atoms with Crippen LogP contribution in [0.3, 0.4) is 0 Å². The third kappa shape index (κ3) is 4.07. The van der Waals surface area contributed by atoms with Gasteiger partial charge in [-0.25, -0.2) is 0 Å². The summed E-state index contributed by atoms with van der Waals surface area (Å²) < 4.78 is 5.22. The van der Waals surface area contributed by atoms with Crippen molar-refractivity contribution in [1.29, 1.82) is 0 Å². The highest BCUT2D eigenvalue weighted by Gasteiger charge is 2.24. The molecule has 142 valence electrons. The van der Waals surface area contributed by atoms with Gasteiger partial charge in [-0.1, -0.05) is 18.2 Å². The second-order valence-electron chi connectivity index (χ2n) is 7.49. The Bertz CT molecular complexity index is 813. The number of rotatable bonds is 3. The molecule has 2 aromatic rings. The van der Waals surface area contributed by atoms with E-state index in [4.69, 9.17) is 4.42 Å². The van der Waals surface area contributed by atoms with Crippen molar-refractivity contribution >= 4 is 11.8 Å². The van der Waals surface area contributed by atoms with Gasteiger partial charge in [0.05, 0.1) is 12.7 Å². The molecule has 0 unspecified atom stereocenters. The minimum atomic E-state index is -0.0935. The Morgan fingerprint density at radius 1 is 0.889 bits per heavy atom. The number of hydrogen-bond donors (Lipinski definition) is 0. The Balaban J connectivity index is 1.36. The van der Waals surface area contributed by atoms with Gasteiger partial charge in [-0.15, -0.1) is 0 Å². The van der Waals surface area contributed by atoms with Crippen LogP contribution >= 0.6 is 0 Å². The molecule has 1 saturated heterocycles. The minimum absolute atomic E-state index is 0.0935. The van der Waals surface area contributed by atoms with Crippen molar-refractivity contribution in [3.63, 3.8) is 0 Å². The van der Waals surface area contributed by atoms with E-state index in [1.54, 1.807) is 17.0 Å². The van der Waals surface area contributed by atoms with Gasteiger partial charge in [0.25, 0.3) is 5.91 Å². The number of carbonyl (C=O) groups excluding carboxylic acids is 2. The number of hydrogen-bond acceptors (Lipinski definition) is 3. The maximum Gasteiger partial charge on any atom is 0.289 e. The molecule has 1 aliphatic heterocycles. The fourth-order valence-corrected chi connectivity index (χ4v) is 4.11. The maximum absolute atomic E-state index is 12.8. The third-order valence-electron chi connectivity index (χ3n) is 5.64. The van der Waals surface area contributed by atoms with E-state index in [-0.39, 0.29) is 11.8 Å². The first-order valence-electron chi connectivity index (χ1n) is 9.92. The minimum Gasteiger partial charge on any atom is -0.459 e. The molecular weight excluding hydrogens is 340 g/mol. The predicted octanol–water partition coefficient (Wildman–Crippen LogP) is 3.08. The summed E-state index contributed by atoms with van der Waals surface area (Å²) in [6.07, 6.45) is 7.56. The van der Waals surface area contributed by atoms with E-state index in [1.165, 1.54) is 30.2 Å². The van der Waals surface area contributed by atoms with Crippen LogP contribution in [0.2, 0.25) is 0 Å². The highest BCUT2D eigenvalue weighted by Crippen LogP contribution is 2.22. The second kappa shape index (κ2) is 7.99. The Morgan fingerprint density at radius 3 is 2.48 bits per heavy atom. The van der Waals surface area contributed by atoms with Gasteiger partial charge in [-0.3, -0.25) is 9.59 Å². The Kier molecular flexibility index (Phi) is 5.28. The van der Waals surface area contributed by atoms with Crippen molar-refractivity contribution in [1.82, 2.24) is 9.80 Å². The maximum atomic E-state index is 12.8. The monoisotopic (exact) mass is 366 g/mol. The zero-order chi connectivity index (χ0) is 18.6. The van der Waals surface area contributed by atoms with Crippen LogP contribution in [0.4, 0.5) is 0 Å². The topological polar surface area (TPSA) is 53.8 Å². The van der Waals surface area contributed by atoms with E-state index in [0.29, 0.717) is 38.4 Å². The van der Waals surface area contributed by atoms with Crippen LogP contribution in [0, 0.1) is 0 Å². The highest BCUT2D eigenvalue weighted by molar-refractivity contribution is 5.91. The van der Waals surface area contributed by atoms with Gasteiger partial charge in [0.2, 0.25) is 5.91 Å². The number of amides is 2. The first-order chi connectivity index (χ1) is 13.2. The molecule has 5 nitrogen and oxygen atoms in total. The van der Waals surface area contributed by atoms with E-state index in [2.05, 4.69) is 18.2 Å². The molecule has 0 radical (unpaired) electrons. The molecule has 0 saturated carbocycles. The highest BCUT2D eigenvalue weighted by atomic mass is 16.3. The van der Waals surface area contributed by atoms with Crippen LogP contribution in [0.1, 0.15) is 46.5 Å². The van der Waals surface area contributed by atoms with Crippen molar-refractivity contribution in [3.8, 4) is 0 Å². The summed E-state index contributed by atoms with van der Waals surface area (Å²) in [5, 5.41) is 0. The Hall–Kier alpha value is -2.56. The number of nitrogens with zero attached hydrogens (tertiary/aromatic N) is 2. The van der Waals surface area contributed by atoms with Gasteiger partial charge in [0.15, 0.2) is 5.76 Å². The van der Waals surface area contributed by atoms with Gasteiger partial charge >= 0.3 is 0 Å². The normalized spacial score (nSPS) is 17.3. The standard InChI is InChI=1S/C22H26N2O3/c25-21(16-17-8-9-18-5-1-2-6-19(18)15-17)23-10-4-11-24(13-12-23)22(26)20-7-3-14-27-20/h3,7-9,14-15H,1-2,4-6,10-13,16H2. The first kappa shape index (κ1) is 17.8. The summed E-state index contributed by atoms with van der Waals surface area (Å²) in [5.41, 5.74) is 3.96. The quantitative estimate of drug-likeness (QED) is 0.839. The van der Waals surface area contributed by atoms with Crippen LogP contribution in [0.5, 0.6) is 0 Å². The number of carbonyl (C=O) groups is 2. The second-order valence-corrected chi connectivity index (χ2v) is 7.49. The summed E-state index contributed by atoms with van der Waals surface area (Å²) >= 11 is 0. The average molecular weight is 366 g/mol. The molecule has 0 atom stereocenters. The van der Waals surface area contributed by atoms with Crippen molar-refractivity contribution in [3.05, 3.63) is 59.0 Å².